The molecule has 0 saturated heterocycles. The van der Waals surface area contributed by atoms with E-state index in [1.54, 1.807) is 24.4 Å². The Bertz CT molecular complexity index is 919. The first-order chi connectivity index (χ1) is 12.3. The molecule has 0 radical (unpaired) electrons. The number of carbonyl (C=O) groups excluding carboxylic acids is 1. The van der Waals surface area contributed by atoms with Crippen molar-refractivity contribution in [3.8, 4) is 0 Å². The minimum atomic E-state index is -4.39. The van der Waals surface area contributed by atoms with Crippen LogP contribution in [-0.2, 0) is 13.0 Å². The number of nitrogens with one attached hydrogen (secondary N) is 1. The third kappa shape index (κ3) is 4.45. The van der Waals surface area contributed by atoms with Gasteiger partial charge in [-0.1, -0.05) is 18.2 Å². The Morgan fingerprint density at radius 2 is 2.04 bits per heavy atom. The number of anilines is 1. The monoisotopic (exact) mass is 384 g/mol. The second kappa shape index (κ2) is 7.24. The third-order valence-electron chi connectivity index (χ3n) is 3.38. The van der Waals surface area contributed by atoms with Gasteiger partial charge < -0.3 is 4.57 Å². The van der Waals surface area contributed by atoms with E-state index in [0.29, 0.717) is 5.56 Å². The van der Waals surface area contributed by atoms with Crippen molar-refractivity contribution in [2.75, 3.05) is 5.32 Å². The standard InChI is InChI=1S/C16H12F4N4OS/c17-11-4-2-1-3-10(11)8-24-6-5-21-15(24)23-14(25)12-9-26-13(22-12)7-16(18,19)20/h1-6,9H,7-8H2,(H,21,23,25). The summed E-state index contributed by atoms with van der Waals surface area (Å²) in [6.07, 6.45) is -2.60. The average Bonchev–Trinajstić information content (AvgIpc) is 3.18. The maximum Gasteiger partial charge on any atom is 0.395 e. The van der Waals surface area contributed by atoms with Crippen LogP contribution in [0.1, 0.15) is 21.1 Å². The minimum Gasteiger partial charge on any atom is -0.313 e. The maximum absolute atomic E-state index is 13.8. The Balaban J connectivity index is 1.71. The van der Waals surface area contributed by atoms with Crippen LogP contribution in [-0.4, -0.2) is 26.6 Å². The van der Waals surface area contributed by atoms with Crippen molar-refractivity contribution in [2.24, 2.45) is 0 Å². The predicted octanol–water partition coefficient (Wildman–Crippen LogP) is 3.88. The molecule has 0 aliphatic carbocycles. The Morgan fingerprint density at radius 3 is 2.77 bits per heavy atom. The Kier molecular flexibility index (Phi) is 5.03. The van der Waals surface area contributed by atoms with Crippen molar-refractivity contribution >= 4 is 23.2 Å². The van der Waals surface area contributed by atoms with E-state index >= 15 is 0 Å². The van der Waals surface area contributed by atoms with Gasteiger partial charge >= 0.3 is 6.18 Å². The SMILES string of the molecule is O=C(Nc1nccn1Cc1ccccc1F)c1csc(CC(F)(F)F)n1. The summed E-state index contributed by atoms with van der Waals surface area (Å²) in [5, 5.41) is 3.53. The molecule has 0 aliphatic heterocycles. The Labute approximate surface area is 149 Å². The number of rotatable bonds is 5. The first kappa shape index (κ1) is 18.1. The fourth-order valence-electron chi connectivity index (χ4n) is 2.20. The minimum absolute atomic E-state index is 0.130. The van der Waals surface area contributed by atoms with Crippen LogP contribution >= 0.6 is 11.3 Å². The van der Waals surface area contributed by atoms with E-state index in [-0.39, 0.29) is 23.2 Å². The lowest BCUT2D eigenvalue weighted by Gasteiger charge is -2.09. The molecule has 0 unspecified atom stereocenters. The Hall–Kier alpha value is -2.75. The van der Waals surface area contributed by atoms with Crippen LogP contribution in [0.5, 0.6) is 0 Å². The normalized spacial score (nSPS) is 11.5. The summed E-state index contributed by atoms with van der Waals surface area (Å²) in [6.45, 7) is 0.138. The van der Waals surface area contributed by atoms with Crippen LogP contribution < -0.4 is 5.32 Å². The molecule has 0 bridgehead atoms. The zero-order valence-corrected chi connectivity index (χ0v) is 13.9. The molecular formula is C16H12F4N4OS. The molecule has 3 rings (SSSR count). The van der Waals surface area contributed by atoms with Crippen LogP contribution in [0.25, 0.3) is 0 Å². The summed E-state index contributed by atoms with van der Waals surface area (Å²) >= 11 is 0.757. The average molecular weight is 384 g/mol. The number of thiazole rings is 1. The number of hydrogen-bond donors (Lipinski definition) is 1. The highest BCUT2D eigenvalue weighted by molar-refractivity contribution is 7.09. The zero-order chi connectivity index (χ0) is 18.7. The molecular weight excluding hydrogens is 372 g/mol. The van der Waals surface area contributed by atoms with Gasteiger partial charge in [-0.3, -0.25) is 10.1 Å². The topological polar surface area (TPSA) is 59.8 Å². The van der Waals surface area contributed by atoms with Gasteiger partial charge in [0.15, 0.2) is 0 Å². The van der Waals surface area contributed by atoms with Crippen molar-refractivity contribution in [2.45, 2.75) is 19.1 Å². The molecule has 0 spiro atoms. The molecule has 2 heterocycles. The second-order valence-corrected chi connectivity index (χ2v) is 6.29. The largest absolute Gasteiger partial charge is 0.395 e. The van der Waals surface area contributed by atoms with Gasteiger partial charge in [-0.2, -0.15) is 13.2 Å². The van der Waals surface area contributed by atoms with E-state index in [2.05, 4.69) is 15.3 Å². The van der Waals surface area contributed by atoms with E-state index < -0.39 is 24.3 Å². The summed E-state index contributed by atoms with van der Waals surface area (Å²) in [5.41, 5.74) is 0.275. The zero-order valence-electron chi connectivity index (χ0n) is 13.1. The lowest BCUT2D eigenvalue weighted by Crippen LogP contribution is -2.17. The summed E-state index contributed by atoms with van der Waals surface area (Å²) < 4.78 is 52.4. The molecule has 26 heavy (non-hydrogen) atoms. The van der Waals surface area contributed by atoms with Crippen LogP contribution in [0, 0.1) is 5.82 Å². The number of aromatic nitrogens is 3. The molecule has 136 valence electrons. The third-order valence-corrected chi connectivity index (χ3v) is 4.22. The highest BCUT2D eigenvalue weighted by atomic mass is 32.1. The molecule has 1 amide bonds. The van der Waals surface area contributed by atoms with E-state index in [4.69, 9.17) is 0 Å². The van der Waals surface area contributed by atoms with Crippen molar-refractivity contribution in [3.63, 3.8) is 0 Å². The number of amides is 1. The first-order valence-corrected chi connectivity index (χ1v) is 8.27. The number of alkyl halides is 3. The quantitative estimate of drug-likeness (QED) is 0.679. The van der Waals surface area contributed by atoms with Gasteiger partial charge in [0.1, 0.15) is 16.5 Å². The van der Waals surface area contributed by atoms with Crippen LogP contribution in [0.15, 0.2) is 42.0 Å². The van der Waals surface area contributed by atoms with Crippen LogP contribution in [0.4, 0.5) is 23.5 Å². The van der Waals surface area contributed by atoms with Crippen LogP contribution in [0.3, 0.4) is 0 Å². The van der Waals surface area contributed by atoms with Gasteiger partial charge in [0.05, 0.1) is 13.0 Å². The van der Waals surface area contributed by atoms with E-state index in [9.17, 15) is 22.4 Å². The molecule has 0 fully saturated rings. The van der Waals surface area contributed by atoms with Crippen molar-refractivity contribution < 1.29 is 22.4 Å². The number of hydrogen-bond acceptors (Lipinski definition) is 4. The molecule has 0 aliphatic rings. The first-order valence-electron chi connectivity index (χ1n) is 7.39. The molecule has 5 nitrogen and oxygen atoms in total. The van der Waals surface area contributed by atoms with Crippen molar-refractivity contribution in [3.05, 3.63) is 64.1 Å². The lowest BCUT2D eigenvalue weighted by molar-refractivity contribution is -0.127. The van der Waals surface area contributed by atoms with Crippen molar-refractivity contribution in [1.82, 2.24) is 14.5 Å². The number of carbonyl (C=O) groups is 1. The summed E-state index contributed by atoms with van der Waals surface area (Å²) in [7, 11) is 0. The molecule has 0 saturated carbocycles. The molecule has 0 atom stereocenters. The van der Waals surface area contributed by atoms with Gasteiger partial charge in [0.2, 0.25) is 5.95 Å². The maximum atomic E-state index is 13.8. The number of imidazole rings is 1. The highest BCUT2D eigenvalue weighted by Crippen LogP contribution is 2.23. The van der Waals surface area contributed by atoms with Gasteiger partial charge in [0.25, 0.3) is 5.91 Å². The fraction of sp³-hybridized carbons (Fsp3) is 0.188. The number of nitrogens with zero attached hydrogens (tertiary/aromatic N) is 3. The molecule has 2 aromatic heterocycles. The van der Waals surface area contributed by atoms with Gasteiger partial charge in [0, 0.05) is 23.3 Å². The van der Waals surface area contributed by atoms with Crippen molar-refractivity contribution in [1.29, 1.82) is 0 Å². The van der Waals surface area contributed by atoms with Crippen LogP contribution in [0.2, 0.25) is 0 Å². The predicted molar refractivity (Wildman–Crippen MR) is 87.6 cm³/mol. The summed E-state index contributed by atoms with van der Waals surface area (Å²) in [5.74, 6) is -0.936. The van der Waals surface area contributed by atoms with Gasteiger partial charge in [-0.25, -0.2) is 14.4 Å². The number of benzene rings is 1. The van der Waals surface area contributed by atoms with E-state index in [0.717, 1.165) is 11.3 Å². The van der Waals surface area contributed by atoms with Gasteiger partial charge in [-0.15, -0.1) is 11.3 Å². The van der Waals surface area contributed by atoms with E-state index in [1.165, 1.54) is 22.2 Å². The molecule has 1 aromatic carbocycles. The van der Waals surface area contributed by atoms with E-state index in [1.807, 2.05) is 0 Å². The highest BCUT2D eigenvalue weighted by Gasteiger charge is 2.29. The number of halogens is 4. The van der Waals surface area contributed by atoms with Gasteiger partial charge in [-0.05, 0) is 6.07 Å². The second-order valence-electron chi connectivity index (χ2n) is 5.34. The Morgan fingerprint density at radius 1 is 1.27 bits per heavy atom. The summed E-state index contributed by atoms with van der Waals surface area (Å²) in [6, 6.07) is 6.17. The lowest BCUT2D eigenvalue weighted by atomic mass is 10.2. The molecule has 1 N–H and O–H groups in total. The smallest absolute Gasteiger partial charge is 0.313 e. The summed E-state index contributed by atoms with van der Waals surface area (Å²) in [4.78, 5) is 19.9. The fourth-order valence-corrected chi connectivity index (χ4v) is 3.01. The molecule has 3 aromatic rings. The molecule has 10 heteroatoms.